The van der Waals surface area contributed by atoms with Gasteiger partial charge in [0, 0.05) is 5.69 Å². The molecule has 0 aliphatic carbocycles. The van der Waals surface area contributed by atoms with Crippen LogP contribution in [0.4, 0.5) is 5.95 Å². The summed E-state index contributed by atoms with van der Waals surface area (Å²) in [5, 5.41) is 6.89. The number of nitrogens with two attached hydrogens (primary N) is 1. The molecular formula is C7H9N5. The van der Waals surface area contributed by atoms with Crippen LogP contribution in [-0.4, -0.2) is 20.2 Å². The van der Waals surface area contributed by atoms with Crippen LogP contribution in [0.15, 0.2) is 12.3 Å². The second-order valence-corrected chi connectivity index (χ2v) is 2.62. The average molecular weight is 163 g/mol. The maximum Gasteiger partial charge on any atom is 0.197 e. The van der Waals surface area contributed by atoms with Gasteiger partial charge in [-0.1, -0.05) is 0 Å². The number of hydrogen-bond donors (Lipinski definition) is 3. The normalized spacial score (nSPS) is 10.4. The van der Waals surface area contributed by atoms with Gasteiger partial charge < -0.3 is 10.7 Å². The second-order valence-electron chi connectivity index (χ2n) is 2.62. The van der Waals surface area contributed by atoms with Gasteiger partial charge in [-0.3, -0.25) is 5.10 Å². The van der Waals surface area contributed by atoms with Crippen molar-refractivity contribution in [1.82, 2.24) is 20.2 Å². The zero-order valence-corrected chi connectivity index (χ0v) is 6.63. The molecule has 2 heterocycles. The van der Waals surface area contributed by atoms with E-state index in [0.717, 1.165) is 17.1 Å². The first-order valence-electron chi connectivity index (χ1n) is 3.58. The van der Waals surface area contributed by atoms with Crippen LogP contribution in [0.2, 0.25) is 0 Å². The predicted octanol–water partition coefficient (Wildman–Crippen LogP) is 0.690. The Morgan fingerprint density at radius 2 is 2.33 bits per heavy atom. The molecule has 2 aromatic heterocycles. The molecule has 2 rings (SSSR count). The standard InChI is InChI=1S/C7H9N5/c1-4-2-5(12-11-4)6-3-9-7(8)10-6/h2-3H,1H3,(H,11,12)(H3,8,9,10). The van der Waals surface area contributed by atoms with Crippen molar-refractivity contribution in [3.8, 4) is 11.4 Å². The van der Waals surface area contributed by atoms with Gasteiger partial charge in [-0.2, -0.15) is 5.10 Å². The van der Waals surface area contributed by atoms with Crippen LogP contribution in [-0.2, 0) is 0 Å². The molecule has 0 radical (unpaired) electrons. The zero-order valence-electron chi connectivity index (χ0n) is 6.63. The van der Waals surface area contributed by atoms with Gasteiger partial charge in [-0.25, -0.2) is 4.98 Å². The van der Waals surface area contributed by atoms with Crippen LogP contribution in [0.3, 0.4) is 0 Å². The van der Waals surface area contributed by atoms with Crippen LogP contribution < -0.4 is 5.73 Å². The van der Waals surface area contributed by atoms with Crippen molar-refractivity contribution in [2.24, 2.45) is 0 Å². The molecule has 0 spiro atoms. The molecule has 62 valence electrons. The zero-order chi connectivity index (χ0) is 8.55. The number of nitrogens with one attached hydrogen (secondary N) is 2. The lowest BCUT2D eigenvalue weighted by molar-refractivity contribution is 1.05. The van der Waals surface area contributed by atoms with E-state index < -0.39 is 0 Å². The number of hydrogen-bond acceptors (Lipinski definition) is 3. The van der Waals surface area contributed by atoms with E-state index in [1.807, 2.05) is 13.0 Å². The Balaban J connectivity index is 2.43. The molecule has 0 unspecified atom stereocenters. The predicted molar refractivity (Wildman–Crippen MR) is 45.3 cm³/mol. The molecule has 4 N–H and O–H groups in total. The number of rotatable bonds is 1. The van der Waals surface area contributed by atoms with E-state index in [9.17, 15) is 0 Å². The van der Waals surface area contributed by atoms with E-state index in [4.69, 9.17) is 5.73 Å². The fourth-order valence-corrected chi connectivity index (χ4v) is 1.02. The van der Waals surface area contributed by atoms with E-state index >= 15 is 0 Å². The van der Waals surface area contributed by atoms with E-state index in [2.05, 4.69) is 20.2 Å². The molecule has 0 aliphatic heterocycles. The summed E-state index contributed by atoms with van der Waals surface area (Å²) < 4.78 is 0. The molecule has 2 aromatic rings. The number of aromatic amines is 2. The fourth-order valence-electron chi connectivity index (χ4n) is 1.02. The lowest BCUT2D eigenvalue weighted by Crippen LogP contribution is -1.85. The van der Waals surface area contributed by atoms with Gasteiger partial charge in [0.05, 0.1) is 11.9 Å². The smallest absolute Gasteiger partial charge is 0.197 e. The quantitative estimate of drug-likeness (QED) is 0.578. The number of nitrogens with zero attached hydrogens (tertiary/aromatic N) is 2. The number of nitrogen functional groups attached to an aromatic ring is 1. The Morgan fingerprint density at radius 3 is 2.83 bits per heavy atom. The number of imidazole rings is 1. The topological polar surface area (TPSA) is 83.4 Å². The van der Waals surface area contributed by atoms with Crippen molar-refractivity contribution in [2.75, 3.05) is 5.73 Å². The fraction of sp³-hybridized carbons (Fsp3) is 0.143. The van der Waals surface area contributed by atoms with Crippen molar-refractivity contribution in [3.63, 3.8) is 0 Å². The van der Waals surface area contributed by atoms with Crippen molar-refractivity contribution < 1.29 is 0 Å². The first kappa shape index (κ1) is 6.90. The maximum absolute atomic E-state index is 5.42. The molecule has 0 saturated carbocycles. The van der Waals surface area contributed by atoms with Crippen LogP contribution in [0.1, 0.15) is 5.69 Å². The molecule has 0 saturated heterocycles. The molecule has 0 atom stereocenters. The molecule has 0 amide bonds. The summed E-state index contributed by atoms with van der Waals surface area (Å²) in [4.78, 5) is 6.76. The molecule has 0 fully saturated rings. The van der Waals surface area contributed by atoms with Gasteiger partial charge >= 0.3 is 0 Å². The molecule has 0 bridgehead atoms. The lowest BCUT2D eigenvalue weighted by Gasteiger charge is -1.85. The number of aryl methyl sites for hydroxylation is 1. The van der Waals surface area contributed by atoms with E-state index in [-0.39, 0.29) is 0 Å². The summed E-state index contributed by atoms with van der Waals surface area (Å²) in [6.07, 6.45) is 1.66. The minimum Gasteiger partial charge on any atom is -0.369 e. The Kier molecular flexibility index (Phi) is 1.36. The summed E-state index contributed by atoms with van der Waals surface area (Å²) in [7, 11) is 0. The largest absolute Gasteiger partial charge is 0.369 e. The summed E-state index contributed by atoms with van der Waals surface area (Å²) in [6, 6.07) is 1.92. The SMILES string of the molecule is Cc1cc(-c2cnc(N)[nH]2)n[nH]1. The molecule has 0 aromatic carbocycles. The van der Waals surface area contributed by atoms with Gasteiger partial charge in [-0.15, -0.1) is 0 Å². The lowest BCUT2D eigenvalue weighted by atomic mass is 10.3. The van der Waals surface area contributed by atoms with E-state index in [0.29, 0.717) is 5.95 Å². The third-order valence-electron chi connectivity index (χ3n) is 1.58. The van der Waals surface area contributed by atoms with Gasteiger partial charge in [0.2, 0.25) is 0 Å². The minimum absolute atomic E-state index is 0.408. The van der Waals surface area contributed by atoms with Crippen molar-refractivity contribution in [3.05, 3.63) is 18.0 Å². The second kappa shape index (κ2) is 2.37. The first-order valence-corrected chi connectivity index (χ1v) is 3.58. The summed E-state index contributed by atoms with van der Waals surface area (Å²) >= 11 is 0. The van der Waals surface area contributed by atoms with Gasteiger partial charge in [0.25, 0.3) is 0 Å². The Bertz CT molecular complexity index is 348. The van der Waals surface area contributed by atoms with Crippen molar-refractivity contribution in [1.29, 1.82) is 0 Å². The molecule has 5 heteroatoms. The number of H-pyrrole nitrogens is 2. The first-order chi connectivity index (χ1) is 5.75. The van der Waals surface area contributed by atoms with Crippen LogP contribution in [0.5, 0.6) is 0 Å². The molecular weight excluding hydrogens is 154 g/mol. The third kappa shape index (κ3) is 1.05. The average Bonchev–Trinajstić information content (AvgIpc) is 2.58. The van der Waals surface area contributed by atoms with Gasteiger partial charge in [0.1, 0.15) is 5.69 Å². The monoisotopic (exact) mass is 163 g/mol. The van der Waals surface area contributed by atoms with Gasteiger partial charge in [-0.05, 0) is 13.0 Å². The highest BCUT2D eigenvalue weighted by Gasteiger charge is 2.03. The Labute approximate surface area is 69.0 Å². The Morgan fingerprint density at radius 1 is 1.50 bits per heavy atom. The highest BCUT2D eigenvalue weighted by atomic mass is 15.1. The summed E-state index contributed by atoms with van der Waals surface area (Å²) in [5.74, 6) is 0.408. The summed E-state index contributed by atoms with van der Waals surface area (Å²) in [6.45, 7) is 1.94. The highest BCUT2D eigenvalue weighted by Crippen LogP contribution is 2.14. The van der Waals surface area contributed by atoms with E-state index in [1.165, 1.54) is 0 Å². The van der Waals surface area contributed by atoms with Crippen molar-refractivity contribution in [2.45, 2.75) is 6.92 Å². The number of aromatic nitrogens is 4. The van der Waals surface area contributed by atoms with E-state index in [1.54, 1.807) is 6.20 Å². The third-order valence-corrected chi connectivity index (χ3v) is 1.58. The number of anilines is 1. The van der Waals surface area contributed by atoms with Gasteiger partial charge in [0.15, 0.2) is 5.95 Å². The highest BCUT2D eigenvalue weighted by molar-refractivity contribution is 5.55. The minimum atomic E-state index is 0.408. The summed E-state index contributed by atoms with van der Waals surface area (Å²) in [5.41, 5.74) is 8.09. The van der Waals surface area contributed by atoms with Crippen molar-refractivity contribution >= 4 is 5.95 Å². The maximum atomic E-state index is 5.42. The van der Waals surface area contributed by atoms with Crippen LogP contribution >= 0.6 is 0 Å². The molecule has 0 aliphatic rings. The van der Waals surface area contributed by atoms with Crippen LogP contribution in [0.25, 0.3) is 11.4 Å². The molecule has 12 heavy (non-hydrogen) atoms. The van der Waals surface area contributed by atoms with Crippen LogP contribution in [0, 0.1) is 6.92 Å². The molecule has 5 nitrogen and oxygen atoms in total. The Hall–Kier alpha value is -1.78.